The second-order valence-corrected chi connectivity index (χ2v) is 10.8. The van der Waals surface area contributed by atoms with Crippen LogP contribution in [0.3, 0.4) is 0 Å². The van der Waals surface area contributed by atoms with Crippen molar-refractivity contribution >= 4 is 24.8 Å². The van der Waals surface area contributed by atoms with E-state index >= 15 is 0 Å². The summed E-state index contributed by atoms with van der Waals surface area (Å²) in [6, 6.07) is 9.27. The van der Waals surface area contributed by atoms with Crippen molar-refractivity contribution in [1.29, 1.82) is 0 Å². The second-order valence-electron chi connectivity index (χ2n) is 10.8. The van der Waals surface area contributed by atoms with Gasteiger partial charge < -0.3 is 23.8 Å². The van der Waals surface area contributed by atoms with Gasteiger partial charge in [0.25, 0.3) is 0 Å². The maximum atomic E-state index is 5.71. The monoisotopic (exact) mass is 596 g/mol. The van der Waals surface area contributed by atoms with E-state index in [1.54, 1.807) is 28.4 Å². The number of benzene rings is 2. The van der Waals surface area contributed by atoms with Gasteiger partial charge in [0.1, 0.15) is 0 Å². The molecule has 0 bridgehead atoms. The van der Waals surface area contributed by atoms with E-state index in [-0.39, 0.29) is 24.8 Å². The maximum absolute atomic E-state index is 5.71. The Morgan fingerprint density at radius 1 is 0.775 bits per heavy atom. The fourth-order valence-corrected chi connectivity index (χ4v) is 6.38. The number of ether oxygens (including phenoxy) is 4. The third-order valence-electron chi connectivity index (χ3n) is 8.42. The van der Waals surface area contributed by atoms with Crippen molar-refractivity contribution in [2.45, 2.75) is 77.3 Å². The highest BCUT2D eigenvalue weighted by Crippen LogP contribution is 2.38. The van der Waals surface area contributed by atoms with Crippen LogP contribution in [0.4, 0.5) is 0 Å². The molecule has 0 spiro atoms. The lowest BCUT2D eigenvalue weighted by Gasteiger charge is -2.36. The Bertz CT molecular complexity index is 1050. The van der Waals surface area contributed by atoms with Crippen LogP contribution < -0.4 is 18.9 Å². The number of methoxy groups -OCH3 is 4. The molecule has 1 aliphatic heterocycles. The molecule has 0 saturated heterocycles. The molecule has 2 aromatic carbocycles. The number of fused-ring (bicyclic) bond motifs is 2. The predicted octanol–water partition coefficient (Wildman–Crippen LogP) is 6.75. The molecule has 4 rings (SSSR count). The van der Waals surface area contributed by atoms with Crippen LogP contribution in [0, 0.1) is 0 Å². The van der Waals surface area contributed by atoms with Crippen LogP contribution in [-0.4, -0.2) is 70.5 Å². The van der Waals surface area contributed by atoms with Gasteiger partial charge >= 0.3 is 0 Å². The summed E-state index contributed by atoms with van der Waals surface area (Å²) < 4.78 is 22.2. The van der Waals surface area contributed by atoms with Crippen molar-refractivity contribution in [2.75, 3.05) is 54.6 Å². The average Bonchev–Trinajstić information content (AvgIpc) is 2.96. The van der Waals surface area contributed by atoms with E-state index in [4.69, 9.17) is 18.9 Å². The lowest BCUT2D eigenvalue weighted by Crippen LogP contribution is -2.40. The minimum Gasteiger partial charge on any atom is -0.493 e. The van der Waals surface area contributed by atoms with Crippen molar-refractivity contribution in [1.82, 2.24) is 9.80 Å². The third-order valence-corrected chi connectivity index (χ3v) is 8.42. The first-order valence-electron chi connectivity index (χ1n) is 14.5. The van der Waals surface area contributed by atoms with E-state index in [9.17, 15) is 0 Å². The summed E-state index contributed by atoms with van der Waals surface area (Å²) in [5, 5.41) is 0. The van der Waals surface area contributed by atoms with Crippen LogP contribution >= 0.6 is 24.8 Å². The minimum atomic E-state index is 0. The number of hydrogen-bond acceptors (Lipinski definition) is 6. The Balaban J connectivity index is 0.00000280. The van der Waals surface area contributed by atoms with Gasteiger partial charge in [-0.15, -0.1) is 24.8 Å². The van der Waals surface area contributed by atoms with Gasteiger partial charge in [-0.05, 0) is 99.5 Å². The maximum Gasteiger partial charge on any atom is 0.164 e. The van der Waals surface area contributed by atoms with E-state index in [2.05, 4.69) is 41.0 Å². The van der Waals surface area contributed by atoms with E-state index in [1.165, 1.54) is 80.4 Å². The summed E-state index contributed by atoms with van der Waals surface area (Å²) in [7, 11) is 6.91. The van der Waals surface area contributed by atoms with Gasteiger partial charge in [0.05, 0.1) is 28.4 Å². The van der Waals surface area contributed by atoms with Gasteiger partial charge in [0, 0.05) is 24.7 Å². The Labute approximate surface area is 254 Å². The van der Waals surface area contributed by atoms with E-state index in [0.717, 1.165) is 55.4 Å². The number of hydrogen-bond donors (Lipinski definition) is 0. The van der Waals surface area contributed by atoms with Gasteiger partial charge in [-0.25, -0.2) is 0 Å². The van der Waals surface area contributed by atoms with Crippen molar-refractivity contribution in [3.05, 3.63) is 46.5 Å². The van der Waals surface area contributed by atoms with Gasteiger partial charge in [-0.2, -0.15) is 0 Å². The number of unbranched alkanes of at least 4 members (excludes halogenated alkanes) is 3. The molecule has 1 atom stereocenters. The molecule has 0 fully saturated rings. The van der Waals surface area contributed by atoms with Gasteiger partial charge in [0.15, 0.2) is 23.0 Å². The van der Waals surface area contributed by atoms with Crippen molar-refractivity contribution in [3.63, 3.8) is 0 Å². The zero-order chi connectivity index (χ0) is 26.9. The molecule has 1 heterocycles. The van der Waals surface area contributed by atoms with Crippen LogP contribution in [0.25, 0.3) is 0 Å². The average molecular weight is 598 g/mol. The number of nitrogens with zero attached hydrogens (tertiary/aromatic N) is 2. The van der Waals surface area contributed by atoms with Crippen molar-refractivity contribution in [3.8, 4) is 23.0 Å². The first-order chi connectivity index (χ1) is 18.6. The van der Waals surface area contributed by atoms with E-state index in [0.29, 0.717) is 6.04 Å². The third kappa shape index (κ3) is 8.34. The molecule has 2 aliphatic rings. The fourth-order valence-electron chi connectivity index (χ4n) is 6.38. The number of halogens is 2. The molecule has 6 nitrogen and oxygen atoms in total. The molecule has 0 radical (unpaired) electrons. The van der Waals surface area contributed by atoms with E-state index in [1.807, 2.05) is 0 Å². The first-order valence-corrected chi connectivity index (χ1v) is 14.5. The summed E-state index contributed by atoms with van der Waals surface area (Å²) in [5.41, 5.74) is 5.56. The van der Waals surface area contributed by atoms with Gasteiger partial charge in [0.2, 0.25) is 0 Å². The molecule has 8 heteroatoms. The molecule has 0 amide bonds. The zero-order valence-corrected chi connectivity index (χ0v) is 26.8. The van der Waals surface area contributed by atoms with Crippen LogP contribution in [0.2, 0.25) is 0 Å². The largest absolute Gasteiger partial charge is 0.493 e. The molecule has 2 aromatic rings. The Morgan fingerprint density at radius 2 is 1.48 bits per heavy atom. The molecule has 0 saturated carbocycles. The molecule has 1 aliphatic carbocycles. The second kappa shape index (κ2) is 17.2. The van der Waals surface area contributed by atoms with Crippen LogP contribution in [0.5, 0.6) is 23.0 Å². The topological polar surface area (TPSA) is 43.4 Å². The minimum absolute atomic E-state index is 0. The lowest BCUT2D eigenvalue weighted by molar-refractivity contribution is 0.174. The number of rotatable bonds is 14. The summed E-state index contributed by atoms with van der Waals surface area (Å²) in [6.07, 6.45) is 10.9. The van der Waals surface area contributed by atoms with Crippen LogP contribution in [0.15, 0.2) is 24.3 Å². The van der Waals surface area contributed by atoms with E-state index < -0.39 is 0 Å². The SMILES string of the molecule is CCCN(CCCCCCN1CCc2cc(OC)c(OC)cc2C1)[C@H]1CCc2c(ccc(OC)c2OC)C1.Cl.Cl. The van der Waals surface area contributed by atoms with Crippen LogP contribution in [-0.2, 0) is 25.8 Å². The molecular weight excluding hydrogens is 547 g/mol. The first kappa shape index (κ1) is 34.3. The zero-order valence-electron chi connectivity index (χ0n) is 25.1. The molecular formula is C32H50Cl2N2O4. The van der Waals surface area contributed by atoms with Crippen molar-refractivity contribution < 1.29 is 18.9 Å². The smallest absolute Gasteiger partial charge is 0.164 e. The molecule has 226 valence electrons. The fraction of sp³-hybridized carbons (Fsp3) is 0.625. The van der Waals surface area contributed by atoms with Gasteiger partial charge in [-0.3, -0.25) is 4.90 Å². The summed E-state index contributed by atoms with van der Waals surface area (Å²) >= 11 is 0. The highest BCUT2D eigenvalue weighted by atomic mass is 35.5. The Hall–Kier alpha value is -1.86. The lowest BCUT2D eigenvalue weighted by atomic mass is 9.86. The Morgan fingerprint density at radius 3 is 2.15 bits per heavy atom. The Kier molecular flexibility index (Phi) is 14.7. The highest BCUT2D eigenvalue weighted by Gasteiger charge is 2.27. The summed E-state index contributed by atoms with van der Waals surface area (Å²) in [5.74, 6) is 3.46. The predicted molar refractivity (Wildman–Crippen MR) is 169 cm³/mol. The highest BCUT2D eigenvalue weighted by molar-refractivity contribution is 5.85. The molecule has 0 unspecified atom stereocenters. The molecule has 0 N–H and O–H groups in total. The molecule has 40 heavy (non-hydrogen) atoms. The van der Waals surface area contributed by atoms with Gasteiger partial charge in [-0.1, -0.05) is 25.8 Å². The van der Waals surface area contributed by atoms with Crippen LogP contribution in [0.1, 0.15) is 67.7 Å². The molecule has 0 aromatic heterocycles. The summed E-state index contributed by atoms with van der Waals surface area (Å²) in [4.78, 5) is 5.35. The standard InChI is InChI=1S/C32H48N2O4.2ClH/c1-6-16-34(27-12-13-28-25(20-27)11-14-29(35-2)32(28)38-5)18-10-8-7-9-17-33-19-15-24-21-30(36-3)31(37-4)22-26(24)23-33;;/h11,14,21-22,27H,6-10,12-13,15-20,23H2,1-5H3;2*1H/t27-;;/m0../s1. The van der Waals surface area contributed by atoms with Crippen molar-refractivity contribution in [2.24, 2.45) is 0 Å². The summed E-state index contributed by atoms with van der Waals surface area (Å²) in [6.45, 7) is 8.03. The normalized spacial score (nSPS) is 16.3. The quantitative estimate of drug-likeness (QED) is 0.225.